The standard InChI is InChI=1S/C12H11NO4S/c1-2-17-12(16)11-13-9(6-18-11)8-4-3-7(14)5-10(8)15/h3-6,14-15H,2H2,1H3. The van der Waals surface area contributed by atoms with Gasteiger partial charge in [-0.05, 0) is 19.1 Å². The van der Waals surface area contributed by atoms with Gasteiger partial charge in [0, 0.05) is 17.0 Å². The maximum atomic E-state index is 11.5. The van der Waals surface area contributed by atoms with Crippen molar-refractivity contribution in [3.63, 3.8) is 0 Å². The maximum Gasteiger partial charge on any atom is 0.367 e. The van der Waals surface area contributed by atoms with Crippen molar-refractivity contribution in [1.29, 1.82) is 0 Å². The van der Waals surface area contributed by atoms with Crippen molar-refractivity contribution in [3.8, 4) is 22.8 Å². The predicted octanol–water partition coefficient (Wildman–Crippen LogP) is 2.40. The minimum Gasteiger partial charge on any atom is -0.508 e. The first-order valence-corrected chi connectivity index (χ1v) is 6.14. The van der Waals surface area contributed by atoms with E-state index in [1.54, 1.807) is 12.3 Å². The molecule has 0 spiro atoms. The van der Waals surface area contributed by atoms with Gasteiger partial charge in [0.1, 0.15) is 11.5 Å². The van der Waals surface area contributed by atoms with Gasteiger partial charge in [-0.25, -0.2) is 9.78 Å². The molecule has 0 radical (unpaired) electrons. The average Bonchev–Trinajstić information content (AvgIpc) is 2.78. The van der Waals surface area contributed by atoms with E-state index >= 15 is 0 Å². The van der Waals surface area contributed by atoms with Crippen LogP contribution in [0.25, 0.3) is 11.3 Å². The number of esters is 1. The van der Waals surface area contributed by atoms with Crippen molar-refractivity contribution < 1.29 is 19.7 Å². The third-order valence-electron chi connectivity index (χ3n) is 2.21. The van der Waals surface area contributed by atoms with E-state index in [0.29, 0.717) is 11.3 Å². The molecule has 0 saturated heterocycles. The van der Waals surface area contributed by atoms with Gasteiger partial charge in [0.2, 0.25) is 5.01 Å². The highest BCUT2D eigenvalue weighted by atomic mass is 32.1. The van der Waals surface area contributed by atoms with Crippen molar-refractivity contribution in [2.75, 3.05) is 6.61 Å². The number of carbonyl (C=O) groups excluding carboxylic acids is 1. The Bertz CT molecular complexity index is 579. The van der Waals surface area contributed by atoms with Crippen LogP contribution in [0.2, 0.25) is 0 Å². The summed E-state index contributed by atoms with van der Waals surface area (Å²) in [5.41, 5.74) is 0.931. The van der Waals surface area contributed by atoms with Crippen LogP contribution < -0.4 is 0 Å². The molecule has 1 aromatic heterocycles. The van der Waals surface area contributed by atoms with Crippen LogP contribution in [0.1, 0.15) is 16.7 Å². The monoisotopic (exact) mass is 265 g/mol. The number of rotatable bonds is 3. The molecular formula is C12H11NO4S. The third kappa shape index (κ3) is 2.43. The molecule has 0 aliphatic rings. The van der Waals surface area contributed by atoms with Gasteiger partial charge < -0.3 is 14.9 Å². The summed E-state index contributed by atoms with van der Waals surface area (Å²) < 4.78 is 4.83. The van der Waals surface area contributed by atoms with Gasteiger partial charge >= 0.3 is 5.97 Å². The number of carbonyl (C=O) groups is 1. The highest BCUT2D eigenvalue weighted by Gasteiger charge is 2.14. The molecule has 0 aliphatic carbocycles. The second-order valence-corrected chi connectivity index (χ2v) is 4.32. The Morgan fingerprint density at radius 2 is 2.22 bits per heavy atom. The van der Waals surface area contributed by atoms with Crippen LogP contribution in [-0.4, -0.2) is 27.8 Å². The zero-order chi connectivity index (χ0) is 13.1. The lowest BCUT2D eigenvalue weighted by atomic mass is 10.1. The Labute approximate surface area is 107 Å². The second kappa shape index (κ2) is 5.05. The van der Waals surface area contributed by atoms with Gasteiger partial charge in [-0.15, -0.1) is 11.3 Å². The number of phenols is 2. The van der Waals surface area contributed by atoms with E-state index < -0.39 is 5.97 Å². The lowest BCUT2D eigenvalue weighted by Gasteiger charge is -2.01. The zero-order valence-corrected chi connectivity index (χ0v) is 10.4. The number of thiazole rings is 1. The molecule has 1 aromatic carbocycles. The van der Waals surface area contributed by atoms with E-state index in [1.165, 1.54) is 18.2 Å². The number of ether oxygens (including phenoxy) is 1. The summed E-state index contributed by atoms with van der Waals surface area (Å²) in [5.74, 6) is -0.597. The van der Waals surface area contributed by atoms with Gasteiger partial charge in [-0.1, -0.05) is 0 Å². The molecule has 1 heterocycles. The number of hydrogen-bond donors (Lipinski definition) is 2. The highest BCUT2D eigenvalue weighted by molar-refractivity contribution is 7.11. The lowest BCUT2D eigenvalue weighted by molar-refractivity contribution is 0.0526. The first-order valence-electron chi connectivity index (χ1n) is 5.26. The summed E-state index contributed by atoms with van der Waals surface area (Å²) in [6.07, 6.45) is 0. The van der Waals surface area contributed by atoms with Crippen LogP contribution in [0, 0.1) is 0 Å². The zero-order valence-electron chi connectivity index (χ0n) is 9.58. The van der Waals surface area contributed by atoms with E-state index in [1.807, 2.05) is 0 Å². The van der Waals surface area contributed by atoms with Gasteiger partial charge in [-0.2, -0.15) is 0 Å². The van der Waals surface area contributed by atoms with Crippen LogP contribution >= 0.6 is 11.3 Å². The molecule has 2 rings (SSSR count). The normalized spacial score (nSPS) is 10.3. The molecule has 0 fully saturated rings. The largest absolute Gasteiger partial charge is 0.508 e. The first kappa shape index (κ1) is 12.4. The summed E-state index contributed by atoms with van der Waals surface area (Å²) in [5, 5.41) is 20.8. The molecule has 2 N–H and O–H groups in total. The molecule has 0 saturated carbocycles. The Hall–Kier alpha value is -2.08. The van der Waals surface area contributed by atoms with Crippen LogP contribution in [0.4, 0.5) is 0 Å². The molecule has 0 amide bonds. The predicted molar refractivity (Wildman–Crippen MR) is 66.8 cm³/mol. The fraction of sp³-hybridized carbons (Fsp3) is 0.167. The van der Waals surface area contributed by atoms with Crippen molar-refractivity contribution in [2.45, 2.75) is 6.92 Å². The number of phenolic OH excluding ortho intramolecular Hbond substituents is 2. The topological polar surface area (TPSA) is 79.7 Å². The molecule has 94 valence electrons. The number of aromatic hydroxyl groups is 2. The van der Waals surface area contributed by atoms with Gasteiger partial charge in [-0.3, -0.25) is 0 Å². The summed E-state index contributed by atoms with van der Waals surface area (Å²) in [6, 6.07) is 4.20. The number of hydrogen-bond acceptors (Lipinski definition) is 6. The van der Waals surface area contributed by atoms with Crippen molar-refractivity contribution >= 4 is 17.3 Å². The second-order valence-electron chi connectivity index (χ2n) is 3.46. The smallest absolute Gasteiger partial charge is 0.367 e. The summed E-state index contributed by atoms with van der Waals surface area (Å²) >= 11 is 1.15. The summed E-state index contributed by atoms with van der Waals surface area (Å²) in [4.78, 5) is 15.5. The Morgan fingerprint density at radius 1 is 1.44 bits per heavy atom. The van der Waals surface area contributed by atoms with E-state index in [-0.39, 0.29) is 23.1 Å². The number of benzene rings is 1. The molecule has 2 aromatic rings. The van der Waals surface area contributed by atoms with Gasteiger partial charge in [0.25, 0.3) is 0 Å². The third-order valence-corrected chi connectivity index (χ3v) is 3.03. The van der Waals surface area contributed by atoms with E-state index in [0.717, 1.165) is 11.3 Å². The lowest BCUT2D eigenvalue weighted by Crippen LogP contribution is -2.03. The average molecular weight is 265 g/mol. The molecule has 0 atom stereocenters. The molecule has 0 bridgehead atoms. The van der Waals surface area contributed by atoms with Crippen LogP contribution in [-0.2, 0) is 4.74 Å². The Kier molecular flexibility index (Phi) is 3.47. The van der Waals surface area contributed by atoms with Crippen LogP contribution in [0.3, 0.4) is 0 Å². The molecule has 0 aliphatic heterocycles. The fourth-order valence-electron chi connectivity index (χ4n) is 1.42. The van der Waals surface area contributed by atoms with Crippen LogP contribution in [0.5, 0.6) is 11.5 Å². The quantitative estimate of drug-likeness (QED) is 0.833. The minimum atomic E-state index is -0.480. The van der Waals surface area contributed by atoms with Crippen LogP contribution in [0.15, 0.2) is 23.6 Å². The molecule has 6 heteroatoms. The molecule has 5 nitrogen and oxygen atoms in total. The number of aromatic nitrogens is 1. The highest BCUT2D eigenvalue weighted by Crippen LogP contribution is 2.32. The summed E-state index contributed by atoms with van der Waals surface area (Å²) in [7, 11) is 0. The first-order chi connectivity index (χ1) is 8.61. The Morgan fingerprint density at radius 3 is 2.89 bits per heavy atom. The van der Waals surface area contributed by atoms with Gasteiger partial charge in [0.05, 0.1) is 12.3 Å². The fourth-order valence-corrected chi connectivity index (χ4v) is 2.13. The van der Waals surface area contributed by atoms with Gasteiger partial charge in [0.15, 0.2) is 0 Å². The molecule has 18 heavy (non-hydrogen) atoms. The SMILES string of the molecule is CCOC(=O)c1nc(-c2ccc(O)cc2O)cs1. The van der Waals surface area contributed by atoms with Crippen molar-refractivity contribution in [1.82, 2.24) is 4.98 Å². The molecule has 0 unspecified atom stereocenters. The van der Waals surface area contributed by atoms with E-state index in [2.05, 4.69) is 4.98 Å². The molecular weight excluding hydrogens is 254 g/mol. The van der Waals surface area contributed by atoms with Crippen molar-refractivity contribution in [2.24, 2.45) is 0 Å². The van der Waals surface area contributed by atoms with Crippen molar-refractivity contribution in [3.05, 3.63) is 28.6 Å². The van der Waals surface area contributed by atoms with E-state index in [9.17, 15) is 15.0 Å². The van der Waals surface area contributed by atoms with E-state index in [4.69, 9.17) is 4.74 Å². The maximum absolute atomic E-state index is 11.5. The number of nitrogens with zero attached hydrogens (tertiary/aromatic N) is 1. The Balaban J connectivity index is 2.32. The minimum absolute atomic E-state index is 0.0305. The summed E-state index contributed by atoms with van der Waals surface area (Å²) in [6.45, 7) is 2.01.